The molecule has 4 heteroatoms. The lowest BCUT2D eigenvalue weighted by atomic mass is 10.1. The molecule has 82 valence electrons. The van der Waals surface area contributed by atoms with Crippen LogP contribution < -0.4 is 5.32 Å². The van der Waals surface area contributed by atoms with Crippen molar-refractivity contribution in [2.24, 2.45) is 0 Å². The van der Waals surface area contributed by atoms with E-state index in [4.69, 9.17) is 4.74 Å². The molecule has 0 unspecified atom stereocenters. The van der Waals surface area contributed by atoms with Gasteiger partial charge in [0.15, 0.2) is 0 Å². The van der Waals surface area contributed by atoms with Crippen LogP contribution in [-0.4, -0.2) is 25.0 Å². The largest absolute Gasteiger partial charge is 0.460 e. The van der Waals surface area contributed by atoms with Crippen LogP contribution in [0.25, 0.3) is 6.08 Å². The molecule has 0 bridgehead atoms. The van der Waals surface area contributed by atoms with Gasteiger partial charge >= 0.3 is 5.97 Å². The molecule has 2 rings (SSSR count). The molecule has 0 radical (unpaired) electrons. The average molecular weight is 217 g/mol. The Hall–Kier alpha value is -2.10. The molecule has 0 saturated carbocycles. The van der Waals surface area contributed by atoms with Gasteiger partial charge in [-0.3, -0.25) is 4.79 Å². The second-order valence-electron chi connectivity index (χ2n) is 3.36. The molecule has 0 aromatic heterocycles. The molecular formula is C12H11NO3. The van der Waals surface area contributed by atoms with E-state index in [1.807, 2.05) is 30.3 Å². The minimum absolute atomic E-state index is 0.0451. The van der Waals surface area contributed by atoms with Crippen LogP contribution in [0.5, 0.6) is 0 Å². The Balaban J connectivity index is 2.33. The summed E-state index contributed by atoms with van der Waals surface area (Å²) in [6.07, 6.45) is 1.53. The van der Waals surface area contributed by atoms with Crippen LogP contribution in [0.3, 0.4) is 0 Å². The first-order chi connectivity index (χ1) is 7.77. The van der Waals surface area contributed by atoms with E-state index in [2.05, 4.69) is 5.32 Å². The zero-order valence-corrected chi connectivity index (χ0v) is 8.60. The van der Waals surface area contributed by atoms with Crippen molar-refractivity contribution < 1.29 is 14.3 Å². The molecule has 1 fully saturated rings. The Morgan fingerprint density at radius 2 is 1.94 bits per heavy atom. The molecule has 0 aliphatic carbocycles. The molecule has 1 saturated heterocycles. The summed E-state index contributed by atoms with van der Waals surface area (Å²) in [4.78, 5) is 23.0. The quantitative estimate of drug-likeness (QED) is 0.429. The lowest BCUT2D eigenvalue weighted by molar-refractivity contribution is -0.138. The zero-order chi connectivity index (χ0) is 11.4. The van der Waals surface area contributed by atoms with Crippen LogP contribution in [0.1, 0.15) is 5.56 Å². The average Bonchev–Trinajstić information content (AvgIpc) is 2.46. The maximum atomic E-state index is 11.5. The third kappa shape index (κ3) is 2.28. The van der Waals surface area contributed by atoms with Crippen LogP contribution >= 0.6 is 0 Å². The summed E-state index contributed by atoms with van der Waals surface area (Å²) < 4.78 is 4.87. The van der Waals surface area contributed by atoms with E-state index >= 15 is 0 Å². The Morgan fingerprint density at radius 3 is 2.69 bits per heavy atom. The van der Waals surface area contributed by atoms with Gasteiger partial charge in [-0.15, -0.1) is 0 Å². The summed E-state index contributed by atoms with van der Waals surface area (Å²) in [5.74, 6) is -0.954. The van der Waals surface area contributed by atoms with E-state index < -0.39 is 5.97 Å². The number of benzene rings is 1. The highest BCUT2D eigenvalue weighted by molar-refractivity contribution is 6.20. The van der Waals surface area contributed by atoms with Gasteiger partial charge in [0.2, 0.25) is 0 Å². The number of nitrogens with one attached hydrogen (secondary N) is 1. The highest BCUT2D eigenvalue weighted by atomic mass is 16.5. The SMILES string of the molecule is O=C1NCCOC(=O)C1=Cc1ccccc1. The van der Waals surface area contributed by atoms with E-state index in [0.29, 0.717) is 6.54 Å². The predicted molar refractivity (Wildman–Crippen MR) is 58.4 cm³/mol. The summed E-state index contributed by atoms with van der Waals surface area (Å²) in [5, 5.41) is 2.59. The Morgan fingerprint density at radius 1 is 1.19 bits per heavy atom. The molecule has 1 heterocycles. The van der Waals surface area contributed by atoms with Crippen molar-refractivity contribution >= 4 is 18.0 Å². The number of cyclic esters (lactones) is 1. The summed E-state index contributed by atoms with van der Waals surface area (Å²) >= 11 is 0. The number of rotatable bonds is 1. The molecule has 0 atom stereocenters. The minimum Gasteiger partial charge on any atom is -0.460 e. The first-order valence-corrected chi connectivity index (χ1v) is 4.99. The fourth-order valence-corrected chi connectivity index (χ4v) is 1.41. The van der Waals surface area contributed by atoms with Crippen LogP contribution in [-0.2, 0) is 14.3 Å². The van der Waals surface area contributed by atoms with Gasteiger partial charge in [-0.2, -0.15) is 0 Å². The summed E-state index contributed by atoms with van der Waals surface area (Å²) in [6, 6.07) is 9.18. The van der Waals surface area contributed by atoms with Gasteiger partial charge in [-0.1, -0.05) is 30.3 Å². The van der Waals surface area contributed by atoms with Crippen molar-refractivity contribution in [2.75, 3.05) is 13.2 Å². The Kier molecular flexibility index (Phi) is 3.00. The zero-order valence-electron chi connectivity index (χ0n) is 8.60. The van der Waals surface area contributed by atoms with Crippen molar-refractivity contribution in [2.45, 2.75) is 0 Å². The number of carbonyl (C=O) groups excluding carboxylic acids is 2. The second-order valence-corrected chi connectivity index (χ2v) is 3.36. The van der Waals surface area contributed by atoms with Gasteiger partial charge < -0.3 is 10.1 Å². The highest BCUT2D eigenvalue weighted by Crippen LogP contribution is 2.09. The maximum absolute atomic E-state index is 11.5. The molecule has 16 heavy (non-hydrogen) atoms. The molecule has 0 spiro atoms. The van der Waals surface area contributed by atoms with Gasteiger partial charge in [0.1, 0.15) is 12.2 Å². The molecule has 1 N–H and O–H groups in total. The van der Waals surface area contributed by atoms with Crippen molar-refractivity contribution in [3.63, 3.8) is 0 Å². The Labute approximate surface area is 92.9 Å². The first kappa shape index (κ1) is 10.4. The Bertz CT molecular complexity index is 417. The number of carbonyl (C=O) groups is 2. The molecule has 1 amide bonds. The van der Waals surface area contributed by atoms with Crippen LogP contribution in [0, 0.1) is 0 Å². The molecule has 1 aromatic rings. The number of hydrogen-bond donors (Lipinski definition) is 1. The van der Waals surface area contributed by atoms with Crippen molar-refractivity contribution in [1.82, 2.24) is 5.32 Å². The minimum atomic E-state index is -0.571. The van der Waals surface area contributed by atoms with Crippen LogP contribution in [0.15, 0.2) is 35.9 Å². The van der Waals surface area contributed by atoms with E-state index in [1.54, 1.807) is 0 Å². The smallest absolute Gasteiger partial charge is 0.343 e. The van der Waals surface area contributed by atoms with Gasteiger partial charge in [-0.05, 0) is 11.6 Å². The topological polar surface area (TPSA) is 55.4 Å². The lowest BCUT2D eigenvalue weighted by Gasteiger charge is -2.00. The van der Waals surface area contributed by atoms with Crippen molar-refractivity contribution in [3.05, 3.63) is 41.5 Å². The number of hydrogen-bond acceptors (Lipinski definition) is 3. The van der Waals surface area contributed by atoms with E-state index in [9.17, 15) is 9.59 Å². The number of amides is 1. The third-order valence-electron chi connectivity index (χ3n) is 2.20. The van der Waals surface area contributed by atoms with Gasteiger partial charge in [0.05, 0.1) is 6.54 Å². The standard InChI is InChI=1S/C12H11NO3/c14-11-10(12(15)16-7-6-13-11)8-9-4-2-1-3-5-9/h1-5,8H,6-7H2,(H,13,14). The summed E-state index contributed by atoms with van der Waals surface area (Å²) in [5.41, 5.74) is 0.843. The molecular weight excluding hydrogens is 206 g/mol. The third-order valence-corrected chi connectivity index (χ3v) is 2.20. The maximum Gasteiger partial charge on any atom is 0.343 e. The summed E-state index contributed by atoms with van der Waals surface area (Å²) in [7, 11) is 0. The highest BCUT2D eigenvalue weighted by Gasteiger charge is 2.22. The van der Waals surface area contributed by atoms with Gasteiger partial charge in [0.25, 0.3) is 5.91 Å². The van der Waals surface area contributed by atoms with Crippen LogP contribution in [0.4, 0.5) is 0 Å². The second kappa shape index (κ2) is 4.61. The monoisotopic (exact) mass is 217 g/mol. The number of ether oxygens (including phenoxy) is 1. The summed E-state index contributed by atoms with van der Waals surface area (Å²) in [6.45, 7) is 0.577. The van der Waals surface area contributed by atoms with E-state index in [-0.39, 0.29) is 18.1 Å². The fraction of sp³-hybridized carbons (Fsp3) is 0.167. The number of esters is 1. The van der Waals surface area contributed by atoms with Crippen molar-refractivity contribution in [1.29, 1.82) is 0 Å². The normalized spacial score (nSPS) is 18.9. The van der Waals surface area contributed by atoms with Crippen LogP contribution in [0.2, 0.25) is 0 Å². The fourth-order valence-electron chi connectivity index (χ4n) is 1.41. The molecule has 4 nitrogen and oxygen atoms in total. The van der Waals surface area contributed by atoms with Crippen molar-refractivity contribution in [3.8, 4) is 0 Å². The lowest BCUT2D eigenvalue weighted by Crippen LogP contribution is -2.25. The van der Waals surface area contributed by atoms with E-state index in [1.165, 1.54) is 6.08 Å². The van der Waals surface area contributed by atoms with Gasteiger partial charge in [-0.25, -0.2) is 4.79 Å². The first-order valence-electron chi connectivity index (χ1n) is 4.99. The molecule has 1 aliphatic heterocycles. The molecule has 1 aliphatic rings. The van der Waals surface area contributed by atoms with Gasteiger partial charge in [0, 0.05) is 0 Å². The molecule has 1 aromatic carbocycles. The van der Waals surface area contributed by atoms with E-state index in [0.717, 1.165) is 5.56 Å². The predicted octanol–water partition coefficient (Wildman–Crippen LogP) is 0.743.